The third-order valence-corrected chi connectivity index (χ3v) is 5.49. The highest BCUT2D eigenvalue weighted by Gasteiger charge is 2.29. The zero-order chi connectivity index (χ0) is 23.4. The molecular weight excluding hydrogens is 424 g/mol. The first kappa shape index (κ1) is 22.1. The van der Waals surface area contributed by atoms with E-state index in [9.17, 15) is 14.4 Å². The molecule has 0 spiro atoms. The molecule has 1 aromatic heterocycles. The Balaban J connectivity index is 1.30. The minimum Gasteiger partial charge on any atom is -0.481 e. The molecule has 1 aliphatic carbocycles. The molecule has 8 heteroatoms. The van der Waals surface area contributed by atoms with Crippen molar-refractivity contribution in [2.45, 2.75) is 31.8 Å². The van der Waals surface area contributed by atoms with E-state index in [0.29, 0.717) is 5.76 Å². The van der Waals surface area contributed by atoms with E-state index in [0.717, 1.165) is 22.3 Å². The fourth-order valence-electron chi connectivity index (χ4n) is 4.01. The van der Waals surface area contributed by atoms with Crippen LogP contribution in [0.1, 0.15) is 46.7 Å². The van der Waals surface area contributed by atoms with E-state index < -0.39 is 24.0 Å². The van der Waals surface area contributed by atoms with Crippen LogP contribution in [0.25, 0.3) is 11.1 Å². The number of hydrogen-bond donors (Lipinski definition) is 3. The minimum absolute atomic E-state index is 0.0325. The van der Waals surface area contributed by atoms with Gasteiger partial charge in [-0.05, 0) is 41.3 Å². The van der Waals surface area contributed by atoms with Crippen molar-refractivity contribution in [2.75, 3.05) is 6.61 Å². The molecule has 3 N–H and O–H groups in total. The molecule has 0 fully saturated rings. The van der Waals surface area contributed by atoms with Gasteiger partial charge in [0.1, 0.15) is 12.4 Å². The van der Waals surface area contributed by atoms with Crippen LogP contribution in [0.15, 0.2) is 65.1 Å². The maximum Gasteiger partial charge on any atom is 0.407 e. The summed E-state index contributed by atoms with van der Waals surface area (Å²) in [5, 5.41) is 14.0. The van der Waals surface area contributed by atoms with Crippen LogP contribution in [-0.2, 0) is 16.1 Å². The van der Waals surface area contributed by atoms with Crippen molar-refractivity contribution < 1.29 is 28.6 Å². The first-order valence-corrected chi connectivity index (χ1v) is 10.6. The zero-order valence-corrected chi connectivity index (χ0v) is 18.0. The number of benzene rings is 2. The number of ether oxygens (including phenoxy) is 1. The molecule has 170 valence electrons. The van der Waals surface area contributed by atoms with Gasteiger partial charge in [0.25, 0.3) is 5.91 Å². The van der Waals surface area contributed by atoms with Gasteiger partial charge in [-0.1, -0.05) is 48.5 Å². The van der Waals surface area contributed by atoms with Gasteiger partial charge >= 0.3 is 12.1 Å². The van der Waals surface area contributed by atoms with Gasteiger partial charge < -0.3 is 24.9 Å². The number of carbonyl (C=O) groups excluding carboxylic acids is 2. The summed E-state index contributed by atoms with van der Waals surface area (Å²) in [6.07, 6.45) is -0.780. The molecule has 33 heavy (non-hydrogen) atoms. The first-order chi connectivity index (χ1) is 15.9. The van der Waals surface area contributed by atoms with Crippen LogP contribution in [-0.4, -0.2) is 35.7 Å². The van der Waals surface area contributed by atoms with Crippen molar-refractivity contribution in [1.82, 2.24) is 10.6 Å². The van der Waals surface area contributed by atoms with E-state index in [2.05, 4.69) is 22.8 Å². The lowest BCUT2D eigenvalue weighted by Crippen LogP contribution is -2.33. The maximum absolute atomic E-state index is 12.3. The molecule has 0 radical (unpaired) electrons. The highest BCUT2D eigenvalue weighted by molar-refractivity contribution is 5.92. The number of hydrogen-bond acceptors (Lipinski definition) is 5. The molecule has 0 saturated carbocycles. The first-order valence-electron chi connectivity index (χ1n) is 10.6. The Morgan fingerprint density at radius 3 is 2.27 bits per heavy atom. The van der Waals surface area contributed by atoms with E-state index in [1.807, 2.05) is 36.4 Å². The van der Waals surface area contributed by atoms with Crippen molar-refractivity contribution >= 4 is 18.0 Å². The molecule has 2 amide bonds. The Bertz CT molecular complexity index is 1140. The number of fused-ring (bicyclic) bond motifs is 3. The SMILES string of the molecule is C[C@H](CC(=O)O)NC(=O)c1ccc(CNC(=O)OCC2c3ccccc3-c3ccccc32)o1. The molecule has 4 rings (SSSR count). The standard InChI is InChI=1S/C25H24N2O6/c1-15(12-23(28)29)27-24(30)22-11-10-16(33-22)13-26-25(31)32-14-21-19-8-4-2-6-17(19)18-7-3-5-9-20(18)21/h2-11,15,21H,12-14H2,1H3,(H,26,31)(H,27,30)(H,28,29)/t15-/m1/s1. The molecule has 0 saturated heterocycles. The van der Waals surface area contributed by atoms with E-state index in [1.165, 1.54) is 6.07 Å². The van der Waals surface area contributed by atoms with Crippen LogP contribution in [0.2, 0.25) is 0 Å². The molecule has 0 unspecified atom stereocenters. The predicted octanol–water partition coefficient (Wildman–Crippen LogP) is 3.91. The Kier molecular flexibility index (Phi) is 6.44. The summed E-state index contributed by atoms with van der Waals surface area (Å²) >= 11 is 0. The number of amides is 2. The fraction of sp³-hybridized carbons (Fsp3) is 0.240. The number of carboxylic acid groups (broad SMARTS) is 1. The number of furan rings is 1. The number of nitrogens with one attached hydrogen (secondary N) is 2. The second-order valence-electron chi connectivity index (χ2n) is 7.92. The van der Waals surface area contributed by atoms with Crippen molar-refractivity contribution in [3.05, 3.63) is 83.3 Å². The quantitative estimate of drug-likeness (QED) is 0.481. The van der Waals surface area contributed by atoms with Crippen molar-refractivity contribution in [2.24, 2.45) is 0 Å². The van der Waals surface area contributed by atoms with Crippen molar-refractivity contribution in [3.8, 4) is 11.1 Å². The summed E-state index contributed by atoms with van der Waals surface area (Å²) < 4.78 is 10.9. The van der Waals surface area contributed by atoms with Gasteiger partial charge in [-0.15, -0.1) is 0 Å². The number of carboxylic acids is 1. The number of alkyl carbamates (subject to hydrolysis) is 1. The van der Waals surface area contributed by atoms with E-state index in [4.69, 9.17) is 14.3 Å². The summed E-state index contributed by atoms with van der Waals surface area (Å²) in [5.74, 6) is -1.14. The van der Waals surface area contributed by atoms with Gasteiger partial charge in [-0.25, -0.2) is 4.79 Å². The summed E-state index contributed by atoms with van der Waals surface area (Å²) in [6.45, 7) is 1.84. The lowest BCUT2D eigenvalue weighted by Gasteiger charge is -2.14. The second-order valence-corrected chi connectivity index (χ2v) is 7.92. The van der Waals surface area contributed by atoms with Crippen molar-refractivity contribution in [1.29, 1.82) is 0 Å². The number of carbonyl (C=O) groups is 3. The summed E-state index contributed by atoms with van der Waals surface area (Å²) in [7, 11) is 0. The van der Waals surface area contributed by atoms with E-state index in [1.54, 1.807) is 13.0 Å². The topological polar surface area (TPSA) is 118 Å². The van der Waals surface area contributed by atoms with E-state index in [-0.39, 0.29) is 31.3 Å². The summed E-state index contributed by atoms with van der Waals surface area (Å²) in [6, 6.07) is 18.7. The lowest BCUT2D eigenvalue weighted by molar-refractivity contribution is -0.137. The van der Waals surface area contributed by atoms with Gasteiger partial charge in [0.15, 0.2) is 5.76 Å². The normalized spacial score (nSPS) is 13.0. The lowest BCUT2D eigenvalue weighted by atomic mass is 9.98. The summed E-state index contributed by atoms with van der Waals surface area (Å²) in [4.78, 5) is 35.1. The van der Waals surface area contributed by atoms with Gasteiger partial charge in [0.2, 0.25) is 0 Å². The number of rotatable bonds is 8. The molecule has 1 heterocycles. The van der Waals surface area contributed by atoms with Gasteiger partial charge in [-0.2, -0.15) is 0 Å². The minimum atomic E-state index is -1.00. The summed E-state index contributed by atoms with van der Waals surface area (Å²) in [5.41, 5.74) is 4.57. The van der Waals surface area contributed by atoms with Crippen LogP contribution in [0.3, 0.4) is 0 Å². The van der Waals surface area contributed by atoms with Crippen LogP contribution in [0, 0.1) is 0 Å². The monoisotopic (exact) mass is 448 g/mol. The molecule has 1 atom stereocenters. The van der Waals surface area contributed by atoms with Gasteiger partial charge in [0.05, 0.1) is 13.0 Å². The predicted molar refractivity (Wildman–Crippen MR) is 120 cm³/mol. The fourth-order valence-corrected chi connectivity index (χ4v) is 4.01. The van der Waals surface area contributed by atoms with Crippen LogP contribution in [0.5, 0.6) is 0 Å². The zero-order valence-electron chi connectivity index (χ0n) is 18.0. The average Bonchev–Trinajstić information content (AvgIpc) is 3.39. The second kappa shape index (κ2) is 9.60. The average molecular weight is 448 g/mol. The molecule has 8 nitrogen and oxygen atoms in total. The Morgan fingerprint density at radius 1 is 1.00 bits per heavy atom. The Hall–Kier alpha value is -4.07. The van der Waals surface area contributed by atoms with E-state index >= 15 is 0 Å². The van der Waals surface area contributed by atoms with Crippen molar-refractivity contribution in [3.63, 3.8) is 0 Å². The maximum atomic E-state index is 12.3. The number of aliphatic carboxylic acids is 1. The van der Waals surface area contributed by atoms with Gasteiger partial charge in [-0.3, -0.25) is 9.59 Å². The molecule has 1 aliphatic rings. The smallest absolute Gasteiger partial charge is 0.407 e. The Labute approximate surface area is 190 Å². The third kappa shape index (κ3) is 5.06. The van der Waals surface area contributed by atoms with Crippen LogP contribution < -0.4 is 10.6 Å². The third-order valence-electron chi connectivity index (χ3n) is 5.49. The van der Waals surface area contributed by atoms with Gasteiger partial charge in [0, 0.05) is 12.0 Å². The van der Waals surface area contributed by atoms with Crippen LogP contribution >= 0.6 is 0 Å². The molecule has 0 bridgehead atoms. The Morgan fingerprint density at radius 2 is 1.64 bits per heavy atom. The molecule has 3 aromatic rings. The largest absolute Gasteiger partial charge is 0.481 e. The van der Waals surface area contributed by atoms with Crippen LogP contribution in [0.4, 0.5) is 4.79 Å². The molecule has 2 aromatic carbocycles. The molecular formula is C25H24N2O6. The highest BCUT2D eigenvalue weighted by Crippen LogP contribution is 2.44. The highest BCUT2D eigenvalue weighted by atomic mass is 16.5. The molecule has 0 aliphatic heterocycles.